The molecule has 136 valence electrons. The van der Waals surface area contributed by atoms with Gasteiger partial charge in [-0.3, -0.25) is 5.32 Å². The summed E-state index contributed by atoms with van der Waals surface area (Å²) in [6.45, 7) is 2.67. The number of pyridine rings is 1. The molecule has 0 saturated carbocycles. The minimum absolute atomic E-state index is 0.0401. The van der Waals surface area contributed by atoms with Crippen molar-refractivity contribution in [2.24, 2.45) is 10.7 Å². The van der Waals surface area contributed by atoms with Crippen LogP contribution >= 0.6 is 0 Å². The number of aliphatic imine (C=N–C) groups is 1. The molecule has 1 atom stereocenters. The Kier molecular flexibility index (Phi) is 4.36. The van der Waals surface area contributed by atoms with Crippen LogP contribution in [0.2, 0.25) is 0 Å². The summed E-state index contributed by atoms with van der Waals surface area (Å²) in [5.74, 6) is -0.327. The van der Waals surface area contributed by atoms with Crippen LogP contribution in [-0.4, -0.2) is 36.7 Å². The molecule has 1 unspecified atom stereocenters. The Labute approximate surface area is 144 Å². The monoisotopic (exact) mass is 354 g/mol. The Balaban J connectivity index is 1.86. The Morgan fingerprint density at radius 1 is 1.32 bits per heavy atom. The number of hydrogen-bond donors (Lipinski definition) is 3. The summed E-state index contributed by atoms with van der Waals surface area (Å²) in [5, 5.41) is 6.35. The molecule has 0 amide bonds. The highest BCUT2D eigenvalue weighted by Gasteiger charge is 2.37. The molecular formula is C16H21F3N6. The third-order valence-corrected chi connectivity index (χ3v) is 4.55. The van der Waals surface area contributed by atoms with Crippen LogP contribution in [-0.2, 0) is 6.18 Å². The molecule has 1 aromatic heterocycles. The molecule has 0 radical (unpaired) electrons. The van der Waals surface area contributed by atoms with Gasteiger partial charge in [-0.1, -0.05) is 0 Å². The van der Waals surface area contributed by atoms with E-state index in [2.05, 4.69) is 20.6 Å². The molecule has 3 heterocycles. The Morgan fingerprint density at radius 3 is 2.72 bits per heavy atom. The van der Waals surface area contributed by atoms with Gasteiger partial charge in [-0.25, -0.2) is 9.98 Å². The fraction of sp³-hybridized carbons (Fsp3) is 0.500. The lowest BCUT2D eigenvalue weighted by Gasteiger charge is -2.34. The number of hydrogen-bond acceptors (Lipinski definition) is 6. The fourth-order valence-electron chi connectivity index (χ4n) is 3.16. The normalized spacial score (nSPS) is 24.4. The topological polar surface area (TPSA) is 78.6 Å². The molecule has 0 fully saturated rings. The van der Waals surface area contributed by atoms with Gasteiger partial charge in [0, 0.05) is 37.0 Å². The van der Waals surface area contributed by atoms with Gasteiger partial charge in [0.2, 0.25) is 0 Å². The van der Waals surface area contributed by atoms with E-state index in [0.717, 1.165) is 17.3 Å². The molecule has 0 spiro atoms. The molecule has 3 rings (SSSR count). The average Bonchev–Trinajstić information content (AvgIpc) is 2.77. The summed E-state index contributed by atoms with van der Waals surface area (Å²) in [6, 6.07) is 2.37. The summed E-state index contributed by atoms with van der Waals surface area (Å²) in [6.07, 6.45) is -2.01. The molecule has 0 bridgehead atoms. The first-order valence-corrected chi connectivity index (χ1v) is 8.05. The molecule has 2 aliphatic rings. The van der Waals surface area contributed by atoms with Crippen LogP contribution in [0.4, 0.5) is 19.0 Å². The number of aromatic nitrogens is 1. The third-order valence-electron chi connectivity index (χ3n) is 4.55. The van der Waals surface area contributed by atoms with Crippen molar-refractivity contribution >= 4 is 11.7 Å². The van der Waals surface area contributed by atoms with Crippen LogP contribution < -0.4 is 21.3 Å². The summed E-state index contributed by atoms with van der Waals surface area (Å²) in [7, 11) is 1.77. The van der Waals surface area contributed by atoms with Crippen molar-refractivity contribution in [3.8, 4) is 0 Å². The van der Waals surface area contributed by atoms with E-state index in [1.807, 2.05) is 6.92 Å². The lowest BCUT2D eigenvalue weighted by atomic mass is 10.1. The SMILES string of the molecule is CNC1(C)N=C(N)C2=C(CCN(c3ncccc3C(F)(F)F)CC2)N1. The number of nitrogens with one attached hydrogen (secondary N) is 2. The summed E-state index contributed by atoms with van der Waals surface area (Å²) in [5.41, 5.74) is 7.15. The van der Waals surface area contributed by atoms with E-state index in [0.29, 0.717) is 31.8 Å². The highest BCUT2D eigenvalue weighted by Crippen LogP contribution is 2.36. The van der Waals surface area contributed by atoms with Gasteiger partial charge >= 0.3 is 6.18 Å². The first kappa shape index (κ1) is 17.5. The number of alkyl halides is 3. The van der Waals surface area contributed by atoms with Gasteiger partial charge in [0.1, 0.15) is 11.7 Å². The lowest BCUT2D eigenvalue weighted by Crippen LogP contribution is -2.55. The number of amidine groups is 1. The number of halogens is 3. The predicted molar refractivity (Wildman–Crippen MR) is 89.9 cm³/mol. The van der Waals surface area contributed by atoms with Gasteiger partial charge < -0.3 is 16.0 Å². The van der Waals surface area contributed by atoms with Crippen molar-refractivity contribution < 1.29 is 13.2 Å². The molecule has 0 saturated heterocycles. The van der Waals surface area contributed by atoms with Crippen LogP contribution in [0.25, 0.3) is 0 Å². The van der Waals surface area contributed by atoms with E-state index >= 15 is 0 Å². The molecule has 4 N–H and O–H groups in total. The third kappa shape index (κ3) is 3.41. The lowest BCUT2D eigenvalue weighted by molar-refractivity contribution is -0.137. The van der Waals surface area contributed by atoms with Gasteiger partial charge in [-0.15, -0.1) is 0 Å². The maximum Gasteiger partial charge on any atom is 0.419 e. The molecule has 9 heteroatoms. The number of nitrogens with two attached hydrogens (primary N) is 1. The van der Waals surface area contributed by atoms with Crippen LogP contribution in [0, 0.1) is 0 Å². The zero-order valence-electron chi connectivity index (χ0n) is 14.1. The van der Waals surface area contributed by atoms with Crippen molar-refractivity contribution in [1.82, 2.24) is 15.6 Å². The first-order chi connectivity index (χ1) is 11.7. The number of nitrogens with zero attached hydrogens (tertiary/aromatic N) is 3. The Hall–Kier alpha value is -2.29. The largest absolute Gasteiger partial charge is 0.419 e. The van der Waals surface area contributed by atoms with Crippen molar-refractivity contribution in [3.63, 3.8) is 0 Å². The van der Waals surface area contributed by atoms with Gasteiger partial charge in [-0.05, 0) is 32.5 Å². The van der Waals surface area contributed by atoms with Crippen molar-refractivity contribution in [2.75, 3.05) is 25.0 Å². The molecule has 0 aromatic carbocycles. The molecule has 0 aliphatic carbocycles. The highest BCUT2D eigenvalue weighted by molar-refractivity contribution is 5.98. The molecule has 6 nitrogen and oxygen atoms in total. The zero-order valence-corrected chi connectivity index (χ0v) is 14.1. The zero-order chi connectivity index (χ0) is 18.2. The smallest absolute Gasteiger partial charge is 0.384 e. The van der Waals surface area contributed by atoms with Crippen LogP contribution in [0.3, 0.4) is 0 Å². The van der Waals surface area contributed by atoms with Crippen molar-refractivity contribution in [3.05, 3.63) is 35.2 Å². The Morgan fingerprint density at radius 2 is 2.04 bits per heavy atom. The molecule has 1 aromatic rings. The van der Waals surface area contributed by atoms with Crippen LogP contribution in [0.15, 0.2) is 34.6 Å². The van der Waals surface area contributed by atoms with Gasteiger partial charge in [0.25, 0.3) is 0 Å². The van der Waals surface area contributed by atoms with Crippen LogP contribution in [0.5, 0.6) is 0 Å². The summed E-state index contributed by atoms with van der Waals surface area (Å²) >= 11 is 0. The first-order valence-electron chi connectivity index (χ1n) is 8.05. The second kappa shape index (κ2) is 6.21. The van der Waals surface area contributed by atoms with Gasteiger partial charge in [0.05, 0.1) is 5.56 Å². The van der Waals surface area contributed by atoms with Crippen molar-refractivity contribution in [1.29, 1.82) is 0 Å². The van der Waals surface area contributed by atoms with E-state index in [4.69, 9.17) is 5.73 Å². The minimum Gasteiger partial charge on any atom is -0.384 e. The van der Waals surface area contributed by atoms with E-state index in [-0.39, 0.29) is 5.82 Å². The van der Waals surface area contributed by atoms with Crippen molar-refractivity contribution in [2.45, 2.75) is 31.7 Å². The molecule has 25 heavy (non-hydrogen) atoms. The summed E-state index contributed by atoms with van der Waals surface area (Å²) < 4.78 is 39.8. The van der Waals surface area contributed by atoms with Gasteiger partial charge in [-0.2, -0.15) is 13.2 Å². The minimum atomic E-state index is -4.44. The second-order valence-corrected chi connectivity index (χ2v) is 6.26. The number of rotatable bonds is 2. The fourth-order valence-corrected chi connectivity index (χ4v) is 3.16. The average molecular weight is 354 g/mol. The highest BCUT2D eigenvalue weighted by atomic mass is 19.4. The van der Waals surface area contributed by atoms with E-state index in [1.165, 1.54) is 12.3 Å². The second-order valence-electron chi connectivity index (χ2n) is 6.26. The number of anilines is 1. The molecular weight excluding hydrogens is 333 g/mol. The van der Waals surface area contributed by atoms with E-state index in [1.54, 1.807) is 11.9 Å². The Bertz CT molecular complexity index is 727. The van der Waals surface area contributed by atoms with E-state index < -0.39 is 17.5 Å². The quantitative estimate of drug-likeness (QED) is 0.755. The summed E-state index contributed by atoms with van der Waals surface area (Å²) in [4.78, 5) is 10.1. The van der Waals surface area contributed by atoms with E-state index in [9.17, 15) is 13.2 Å². The van der Waals surface area contributed by atoms with Crippen LogP contribution in [0.1, 0.15) is 25.3 Å². The van der Waals surface area contributed by atoms with Gasteiger partial charge in [0.15, 0.2) is 5.79 Å². The molecule has 2 aliphatic heterocycles. The predicted octanol–water partition coefficient (Wildman–Crippen LogP) is 1.81. The maximum atomic E-state index is 13.3. The standard InChI is InChI=1S/C16H21F3N6/c1-15(21-2)23-12-6-9-25(8-5-10(12)13(20)24-15)14-11(16(17,18)19)4-3-7-22-14/h3-4,7,21,23H,5-6,8-9H2,1-2H3,(H2,20,24). The maximum absolute atomic E-state index is 13.3.